The highest BCUT2D eigenvalue weighted by Gasteiger charge is 2.06. The van der Waals surface area contributed by atoms with Crippen LogP contribution in [0.15, 0.2) is 35.5 Å². The van der Waals surface area contributed by atoms with Gasteiger partial charge >= 0.3 is 0 Å². The summed E-state index contributed by atoms with van der Waals surface area (Å²) in [5, 5.41) is 0. The first-order valence-corrected chi connectivity index (χ1v) is 4.03. The normalized spacial score (nSPS) is 22.4. The zero-order valence-corrected chi connectivity index (χ0v) is 6.14. The minimum Gasteiger partial charge on any atom is -0.0696 e. The first-order chi connectivity index (χ1) is 4.95. The maximum Gasteiger partial charge on any atom is -0.0257 e. The Morgan fingerprint density at radius 2 is 1.90 bits per heavy atom. The van der Waals surface area contributed by atoms with Crippen LogP contribution in [0.3, 0.4) is 0 Å². The Kier molecular flexibility index (Phi) is 1.46. The van der Waals surface area contributed by atoms with Gasteiger partial charge in [0.15, 0.2) is 0 Å². The monoisotopic (exact) mass is 132 g/mol. The first kappa shape index (κ1) is 5.96. The second kappa shape index (κ2) is 2.45. The molecule has 1 saturated carbocycles. The van der Waals surface area contributed by atoms with Crippen LogP contribution in [0.4, 0.5) is 0 Å². The van der Waals surface area contributed by atoms with Crippen molar-refractivity contribution in [1.82, 2.24) is 0 Å². The van der Waals surface area contributed by atoms with Gasteiger partial charge in [0.25, 0.3) is 0 Å². The second-order valence-electron chi connectivity index (χ2n) is 3.04. The van der Waals surface area contributed by atoms with Gasteiger partial charge in [-0.25, -0.2) is 0 Å². The fourth-order valence-electron chi connectivity index (χ4n) is 1.51. The third kappa shape index (κ3) is 1.06. The van der Waals surface area contributed by atoms with E-state index in [0.717, 1.165) is 0 Å². The van der Waals surface area contributed by atoms with Crippen molar-refractivity contribution in [2.24, 2.45) is 0 Å². The summed E-state index contributed by atoms with van der Waals surface area (Å²) in [6.45, 7) is 0. The standard InChI is InChI=1S/C10H12/c1-2-5-9(4-1)8-10-6-3-7-10/h3,6-8H,1-2,4-5H2. The average Bonchev–Trinajstić information content (AvgIpc) is 2.29. The Balaban J connectivity index is 2.01. The number of allylic oxidation sites excluding steroid dienone is 6. The molecule has 2 aliphatic carbocycles. The summed E-state index contributed by atoms with van der Waals surface area (Å²) >= 11 is 0. The second-order valence-corrected chi connectivity index (χ2v) is 3.04. The van der Waals surface area contributed by atoms with Crippen LogP contribution in [0.5, 0.6) is 0 Å². The lowest BCUT2D eigenvalue weighted by Crippen LogP contribution is -1.81. The molecule has 0 aliphatic heterocycles. The fourth-order valence-corrected chi connectivity index (χ4v) is 1.51. The molecule has 0 heterocycles. The van der Waals surface area contributed by atoms with Gasteiger partial charge in [-0.2, -0.15) is 0 Å². The molecule has 0 unspecified atom stereocenters. The lowest BCUT2D eigenvalue weighted by molar-refractivity contribution is 0.886. The molecule has 0 nitrogen and oxygen atoms in total. The molecule has 1 fully saturated rings. The van der Waals surface area contributed by atoms with Crippen LogP contribution in [0.1, 0.15) is 25.7 Å². The van der Waals surface area contributed by atoms with E-state index in [1.807, 2.05) is 0 Å². The van der Waals surface area contributed by atoms with Gasteiger partial charge < -0.3 is 0 Å². The van der Waals surface area contributed by atoms with E-state index < -0.39 is 0 Å². The van der Waals surface area contributed by atoms with E-state index in [9.17, 15) is 0 Å². The lowest BCUT2D eigenvalue weighted by atomic mass is 10.0. The molecule has 0 heteroatoms. The smallest absolute Gasteiger partial charge is 0.0257 e. The molecule has 52 valence electrons. The molecular weight excluding hydrogens is 120 g/mol. The average molecular weight is 132 g/mol. The van der Waals surface area contributed by atoms with Crippen molar-refractivity contribution in [1.29, 1.82) is 0 Å². The molecule has 0 spiro atoms. The number of hydrogen-bond acceptors (Lipinski definition) is 0. The van der Waals surface area contributed by atoms with Crippen LogP contribution >= 0.6 is 0 Å². The summed E-state index contributed by atoms with van der Waals surface area (Å²) in [6.07, 6.45) is 14.3. The number of hydrogen-bond donors (Lipinski definition) is 0. The van der Waals surface area contributed by atoms with E-state index in [-0.39, 0.29) is 0 Å². The summed E-state index contributed by atoms with van der Waals surface area (Å²) in [6, 6.07) is 0. The SMILES string of the molecule is C1=CC(C=C2CCCC2)=C1. The fraction of sp³-hybridized carbons (Fsp3) is 0.400. The van der Waals surface area contributed by atoms with E-state index in [1.54, 1.807) is 5.57 Å². The van der Waals surface area contributed by atoms with E-state index in [1.165, 1.54) is 31.3 Å². The Morgan fingerprint density at radius 3 is 2.40 bits per heavy atom. The third-order valence-corrected chi connectivity index (χ3v) is 2.19. The van der Waals surface area contributed by atoms with Crippen LogP contribution in [-0.2, 0) is 0 Å². The van der Waals surface area contributed by atoms with E-state index in [2.05, 4.69) is 24.3 Å². The Hall–Kier alpha value is -0.780. The first-order valence-electron chi connectivity index (χ1n) is 4.03. The Bertz CT molecular complexity index is 208. The molecule has 2 aliphatic rings. The van der Waals surface area contributed by atoms with E-state index in [0.29, 0.717) is 0 Å². The Labute approximate surface area is 61.9 Å². The quantitative estimate of drug-likeness (QED) is 0.514. The summed E-state index contributed by atoms with van der Waals surface area (Å²) in [5.74, 6) is 0. The van der Waals surface area contributed by atoms with E-state index >= 15 is 0 Å². The summed E-state index contributed by atoms with van der Waals surface area (Å²) in [5.41, 5.74) is 3.06. The summed E-state index contributed by atoms with van der Waals surface area (Å²) in [4.78, 5) is 0. The molecule has 0 aromatic heterocycles. The molecule has 0 saturated heterocycles. The summed E-state index contributed by atoms with van der Waals surface area (Å²) < 4.78 is 0. The van der Waals surface area contributed by atoms with Crippen LogP contribution in [-0.4, -0.2) is 0 Å². The molecule has 0 aromatic carbocycles. The highest BCUT2D eigenvalue weighted by molar-refractivity contribution is 5.44. The molecule has 0 N–H and O–H groups in total. The van der Waals surface area contributed by atoms with Gasteiger partial charge in [-0.3, -0.25) is 0 Å². The van der Waals surface area contributed by atoms with Crippen molar-refractivity contribution in [3.8, 4) is 0 Å². The maximum atomic E-state index is 2.34. The zero-order chi connectivity index (χ0) is 6.81. The van der Waals surface area contributed by atoms with Crippen LogP contribution < -0.4 is 0 Å². The molecule has 0 aromatic rings. The molecule has 0 atom stereocenters. The van der Waals surface area contributed by atoms with Gasteiger partial charge in [0.1, 0.15) is 0 Å². The highest BCUT2D eigenvalue weighted by Crippen LogP contribution is 2.26. The van der Waals surface area contributed by atoms with Gasteiger partial charge in [0.05, 0.1) is 0 Å². The third-order valence-electron chi connectivity index (χ3n) is 2.19. The van der Waals surface area contributed by atoms with Crippen LogP contribution in [0.25, 0.3) is 0 Å². The predicted octanol–water partition coefficient (Wildman–Crippen LogP) is 2.98. The molecule has 0 amide bonds. The van der Waals surface area contributed by atoms with Gasteiger partial charge in [-0.05, 0) is 31.3 Å². The van der Waals surface area contributed by atoms with Crippen LogP contribution in [0, 0.1) is 0 Å². The Morgan fingerprint density at radius 1 is 1.20 bits per heavy atom. The van der Waals surface area contributed by atoms with Crippen LogP contribution in [0.2, 0.25) is 0 Å². The predicted molar refractivity (Wildman–Crippen MR) is 43.8 cm³/mol. The highest BCUT2D eigenvalue weighted by atomic mass is 14.1. The van der Waals surface area contributed by atoms with Crippen molar-refractivity contribution < 1.29 is 0 Å². The van der Waals surface area contributed by atoms with Crippen molar-refractivity contribution in [3.63, 3.8) is 0 Å². The van der Waals surface area contributed by atoms with Gasteiger partial charge in [-0.1, -0.05) is 29.9 Å². The van der Waals surface area contributed by atoms with Gasteiger partial charge in [0.2, 0.25) is 0 Å². The molecular formula is C10H12. The topological polar surface area (TPSA) is 0 Å². The zero-order valence-electron chi connectivity index (χ0n) is 6.14. The minimum absolute atomic E-state index is 1.34. The van der Waals surface area contributed by atoms with Gasteiger partial charge in [-0.15, -0.1) is 0 Å². The van der Waals surface area contributed by atoms with Gasteiger partial charge in [0, 0.05) is 0 Å². The summed E-state index contributed by atoms with van der Waals surface area (Å²) in [7, 11) is 0. The number of rotatable bonds is 1. The molecule has 0 radical (unpaired) electrons. The maximum absolute atomic E-state index is 2.34. The lowest BCUT2D eigenvalue weighted by Gasteiger charge is -2.01. The largest absolute Gasteiger partial charge is 0.0696 e. The minimum atomic E-state index is 1.34. The van der Waals surface area contributed by atoms with E-state index in [4.69, 9.17) is 0 Å². The molecule has 0 bridgehead atoms. The van der Waals surface area contributed by atoms with Crippen molar-refractivity contribution in [3.05, 3.63) is 35.5 Å². The van der Waals surface area contributed by atoms with Crippen molar-refractivity contribution in [2.75, 3.05) is 0 Å². The van der Waals surface area contributed by atoms with Crippen molar-refractivity contribution in [2.45, 2.75) is 25.7 Å². The molecule has 2 rings (SSSR count). The molecule has 10 heavy (non-hydrogen) atoms. The van der Waals surface area contributed by atoms with Crippen molar-refractivity contribution >= 4 is 0 Å².